The Labute approximate surface area is 129 Å². The van der Waals surface area contributed by atoms with Crippen LogP contribution in [0, 0.1) is 0 Å². The van der Waals surface area contributed by atoms with E-state index in [1.54, 1.807) is 16.8 Å². The van der Waals surface area contributed by atoms with Crippen molar-refractivity contribution in [2.75, 3.05) is 7.11 Å². The molecule has 0 unspecified atom stereocenters. The molecule has 0 atom stereocenters. The molecule has 0 N–H and O–H groups in total. The third kappa shape index (κ3) is 3.87. The summed E-state index contributed by atoms with van der Waals surface area (Å²) in [5.74, 6) is 0.495. The van der Waals surface area contributed by atoms with Crippen LogP contribution in [0.3, 0.4) is 0 Å². The zero-order valence-corrected chi connectivity index (χ0v) is 13.2. The Morgan fingerprint density at radius 1 is 1.27 bits per heavy atom. The molecule has 5 heteroatoms. The molecule has 0 aliphatic rings. The normalized spacial score (nSPS) is 10.9. The summed E-state index contributed by atoms with van der Waals surface area (Å²) in [5, 5.41) is 1.50. The van der Waals surface area contributed by atoms with E-state index in [0.29, 0.717) is 24.8 Å². The molecule has 0 aliphatic heterocycles. The number of carbonyl (C=O) groups is 1. The lowest BCUT2D eigenvalue weighted by atomic mass is 10.1. The molecular weight excluding hydrogens is 282 g/mol. The van der Waals surface area contributed by atoms with Crippen molar-refractivity contribution in [3.63, 3.8) is 0 Å². The molecule has 0 saturated carbocycles. The summed E-state index contributed by atoms with van der Waals surface area (Å²) in [7, 11) is 1.36. The molecule has 0 spiro atoms. The Morgan fingerprint density at radius 3 is 2.73 bits per heavy atom. The molecule has 1 aromatic heterocycles. The zero-order valence-electron chi connectivity index (χ0n) is 13.2. The van der Waals surface area contributed by atoms with Crippen molar-refractivity contribution in [1.82, 2.24) is 4.57 Å². The van der Waals surface area contributed by atoms with Gasteiger partial charge in [0.2, 0.25) is 0 Å². The lowest BCUT2D eigenvalue weighted by Gasteiger charge is -2.11. The van der Waals surface area contributed by atoms with Gasteiger partial charge in [-0.15, -0.1) is 0 Å². The van der Waals surface area contributed by atoms with Gasteiger partial charge in [0.05, 0.1) is 13.2 Å². The van der Waals surface area contributed by atoms with Gasteiger partial charge in [-0.2, -0.15) is 0 Å². The van der Waals surface area contributed by atoms with Crippen LogP contribution in [0.5, 0.6) is 5.75 Å². The van der Waals surface area contributed by atoms with Crippen LogP contribution in [-0.4, -0.2) is 23.8 Å². The first-order valence-electron chi connectivity index (χ1n) is 7.38. The van der Waals surface area contributed by atoms with E-state index >= 15 is 0 Å². The maximum atomic E-state index is 12.4. The molecule has 22 heavy (non-hydrogen) atoms. The highest BCUT2D eigenvalue weighted by atomic mass is 16.5. The van der Waals surface area contributed by atoms with Gasteiger partial charge in [-0.05, 0) is 49.9 Å². The first kappa shape index (κ1) is 16.1. The van der Waals surface area contributed by atoms with E-state index < -0.39 is 0 Å². The van der Waals surface area contributed by atoms with E-state index in [1.807, 2.05) is 32.0 Å². The van der Waals surface area contributed by atoms with Gasteiger partial charge in [0, 0.05) is 24.5 Å². The van der Waals surface area contributed by atoms with Crippen LogP contribution in [0.25, 0.3) is 10.8 Å². The second kappa shape index (κ2) is 7.11. The fourth-order valence-corrected chi connectivity index (χ4v) is 2.28. The average molecular weight is 303 g/mol. The number of nitrogens with zero attached hydrogens (tertiary/aromatic N) is 1. The molecule has 0 saturated heterocycles. The van der Waals surface area contributed by atoms with Gasteiger partial charge in [0.15, 0.2) is 0 Å². The predicted octanol–water partition coefficient (Wildman–Crippen LogP) is 2.74. The molecule has 0 radical (unpaired) electrons. The standard InChI is InChI=1S/C17H21NO4/c1-12(2)22-14-6-7-15-13(11-14)8-10-18(17(15)20)9-4-5-16(19)21-3/h6-8,10-12H,4-5,9H2,1-3H3. The summed E-state index contributed by atoms with van der Waals surface area (Å²) in [4.78, 5) is 23.5. The maximum absolute atomic E-state index is 12.4. The summed E-state index contributed by atoms with van der Waals surface area (Å²) in [5.41, 5.74) is -0.0570. The molecular formula is C17H21NO4. The molecule has 1 heterocycles. The van der Waals surface area contributed by atoms with Crippen LogP contribution in [0.4, 0.5) is 0 Å². The fourth-order valence-electron chi connectivity index (χ4n) is 2.28. The van der Waals surface area contributed by atoms with Gasteiger partial charge >= 0.3 is 5.97 Å². The van der Waals surface area contributed by atoms with E-state index in [1.165, 1.54) is 7.11 Å². The van der Waals surface area contributed by atoms with Gasteiger partial charge in [-0.3, -0.25) is 9.59 Å². The number of rotatable bonds is 6. The minimum atomic E-state index is -0.260. The number of carbonyl (C=O) groups excluding carboxylic acids is 1. The Balaban J connectivity index is 2.19. The summed E-state index contributed by atoms with van der Waals surface area (Å²) in [6, 6.07) is 7.35. The summed E-state index contributed by atoms with van der Waals surface area (Å²) in [6.07, 6.45) is 2.73. The number of benzene rings is 1. The van der Waals surface area contributed by atoms with Crippen molar-refractivity contribution in [3.05, 3.63) is 40.8 Å². The summed E-state index contributed by atoms with van der Waals surface area (Å²) < 4.78 is 11.8. The molecule has 0 bridgehead atoms. The van der Waals surface area contributed by atoms with Crippen LogP contribution in [0.2, 0.25) is 0 Å². The van der Waals surface area contributed by atoms with Crippen molar-refractivity contribution in [2.45, 2.75) is 39.3 Å². The summed E-state index contributed by atoms with van der Waals surface area (Å²) in [6.45, 7) is 4.42. The van der Waals surface area contributed by atoms with Crippen molar-refractivity contribution in [1.29, 1.82) is 0 Å². The van der Waals surface area contributed by atoms with Gasteiger partial charge in [0.25, 0.3) is 5.56 Å². The highest BCUT2D eigenvalue weighted by molar-refractivity contribution is 5.82. The molecule has 1 aromatic carbocycles. The lowest BCUT2D eigenvalue weighted by Crippen LogP contribution is -2.20. The van der Waals surface area contributed by atoms with Crippen molar-refractivity contribution in [2.24, 2.45) is 0 Å². The van der Waals surface area contributed by atoms with Crippen LogP contribution >= 0.6 is 0 Å². The number of aryl methyl sites for hydroxylation is 1. The summed E-state index contributed by atoms with van der Waals surface area (Å²) >= 11 is 0. The zero-order chi connectivity index (χ0) is 16.1. The topological polar surface area (TPSA) is 57.5 Å². The van der Waals surface area contributed by atoms with E-state index in [4.69, 9.17) is 4.74 Å². The number of methoxy groups -OCH3 is 1. The second-order valence-electron chi connectivity index (χ2n) is 5.41. The Morgan fingerprint density at radius 2 is 2.05 bits per heavy atom. The number of esters is 1. The smallest absolute Gasteiger partial charge is 0.305 e. The number of hydrogen-bond acceptors (Lipinski definition) is 4. The van der Waals surface area contributed by atoms with Gasteiger partial charge in [0.1, 0.15) is 5.75 Å². The van der Waals surface area contributed by atoms with E-state index in [0.717, 1.165) is 11.1 Å². The molecule has 0 fully saturated rings. The minimum Gasteiger partial charge on any atom is -0.491 e. The Bertz CT molecular complexity index is 718. The van der Waals surface area contributed by atoms with Gasteiger partial charge in [-0.1, -0.05) is 0 Å². The van der Waals surface area contributed by atoms with Crippen molar-refractivity contribution >= 4 is 16.7 Å². The molecule has 5 nitrogen and oxygen atoms in total. The lowest BCUT2D eigenvalue weighted by molar-refractivity contribution is -0.140. The van der Waals surface area contributed by atoms with Gasteiger partial charge < -0.3 is 14.0 Å². The molecule has 2 aromatic rings. The quantitative estimate of drug-likeness (QED) is 0.770. The average Bonchev–Trinajstić information content (AvgIpc) is 2.48. The Hall–Kier alpha value is -2.30. The molecule has 0 aliphatic carbocycles. The van der Waals surface area contributed by atoms with E-state index in [-0.39, 0.29) is 17.6 Å². The predicted molar refractivity (Wildman–Crippen MR) is 85.2 cm³/mol. The van der Waals surface area contributed by atoms with Gasteiger partial charge in [-0.25, -0.2) is 0 Å². The first-order chi connectivity index (χ1) is 10.5. The largest absolute Gasteiger partial charge is 0.491 e. The fraction of sp³-hybridized carbons (Fsp3) is 0.412. The number of ether oxygens (including phenoxy) is 2. The van der Waals surface area contributed by atoms with Crippen LogP contribution < -0.4 is 10.3 Å². The van der Waals surface area contributed by atoms with E-state index in [2.05, 4.69) is 4.74 Å². The number of aromatic nitrogens is 1. The minimum absolute atomic E-state index is 0.0570. The number of fused-ring (bicyclic) bond motifs is 1. The van der Waals surface area contributed by atoms with E-state index in [9.17, 15) is 9.59 Å². The number of pyridine rings is 1. The first-order valence-corrected chi connectivity index (χ1v) is 7.38. The second-order valence-corrected chi connectivity index (χ2v) is 5.41. The van der Waals surface area contributed by atoms with Crippen LogP contribution in [-0.2, 0) is 16.1 Å². The highest BCUT2D eigenvalue weighted by Crippen LogP contribution is 2.19. The number of hydrogen-bond donors (Lipinski definition) is 0. The monoisotopic (exact) mass is 303 g/mol. The van der Waals surface area contributed by atoms with Crippen LogP contribution in [0.15, 0.2) is 35.3 Å². The van der Waals surface area contributed by atoms with Crippen LogP contribution in [0.1, 0.15) is 26.7 Å². The molecule has 2 rings (SSSR count). The maximum Gasteiger partial charge on any atom is 0.305 e. The Kier molecular flexibility index (Phi) is 5.20. The molecule has 0 amide bonds. The third-order valence-electron chi connectivity index (χ3n) is 3.33. The SMILES string of the molecule is COC(=O)CCCn1ccc2cc(OC(C)C)ccc2c1=O. The highest BCUT2D eigenvalue weighted by Gasteiger charge is 2.06. The molecule has 118 valence electrons. The van der Waals surface area contributed by atoms with Crippen molar-refractivity contribution in [3.8, 4) is 5.75 Å². The van der Waals surface area contributed by atoms with Crippen molar-refractivity contribution < 1.29 is 14.3 Å². The third-order valence-corrected chi connectivity index (χ3v) is 3.33.